The van der Waals surface area contributed by atoms with Gasteiger partial charge in [0, 0.05) is 23.2 Å². The number of hydrogen-bond donors (Lipinski definition) is 3. The fourth-order valence-corrected chi connectivity index (χ4v) is 5.66. The molecule has 10 nitrogen and oxygen atoms in total. The molecule has 0 bridgehead atoms. The predicted molar refractivity (Wildman–Crippen MR) is 149 cm³/mol. The van der Waals surface area contributed by atoms with Gasteiger partial charge in [-0.15, -0.1) is 0 Å². The molecule has 4 rings (SSSR count). The van der Waals surface area contributed by atoms with E-state index in [9.17, 15) is 14.4 Å². The maximum atomic E-state index is 14.2. The monoisotopic (exact) mass is 571 g/mol. The van der Waals surface area contributed by atoms with Crippen molar-refractivity contribution >= 4 is 46.5 Å². The molecule has 0 saturated heterocycles. The lowest BCUT2D eigenvalue weighted by atomic mass is 10.00. The molecular formula is C27H30ClN5O5S. The summed E-state index contributed by atoms with van der Waals surface area (Å²) in [6, 6.07) is 10.9. The van der Waals surface area contributed by atoms with Crippen LogP contribution in [0.5, 0.6) is 11.5 Å². The molecule has 0 radical (unpaired) electrons. The maximum absolute atomic E-state index is 14.2. The molecule has 1 heterocycles. The van der Waals surface area contributed by atoms with Crippen molar-refractivity contribution in [2.75, 3.05) is 20.0 Å². The lowest BCUT2D eigenvalue weighted by Crippen LogP contribution is -2.46. The Morgan fingerprint density at radius 3 is 2.49 bits per heavy atom. The van der Waals surface area contributed by atoms with E-state index in [0.717, 1.165) is 37.2 Å². The van der Waals surface area contributed by atoms with Crippen molar-refractivity contribution in [3.05, 3.63) is 69.2 Å². The number of primary amides is 1. The number of hydrogen-bond acceptors (Lipinski definition) is 8. The Morgan fingerprint density at radius 2 is 1.87 bits per heavy atom. The third-order valence-corrected chi connectivity index (χ3v) is 7.93. The Morgan fingerprint density at radius 1 is 1.15 bits per heavy atom. The van der Waals surface area contributed by atoms with Gasteiger partial charge in [0.25, 0.3) is 11.8 Å². The Labute approximate surface area is 235 Å². The zero-order chi connectivity index (χ0) is 28.1. The van der Waals surface area contributed by atoms with Crippen molar-refractivity contribution < 1.29 is 23.9 Å². The molecular weight excluding hydrogens is 542 g/mol. The van der Waals surface area contributed by atoms with Gasteiger partial charge in [0.05, 0.1) is 19.9 Å². The fourth-order valence-electron chi connectivity index (χ4n) is 4.70. The Bertz CT molecular complexity index is 1370. The van der Waals surface area contributed by atoms with E-state index in [1.165, 1.54) is 19.1 Å². The molecule has 1 aliphatic carbocycles. The minimum absolute atomic E-state index is 0.0172. The van der Waals surface area contributed by atoms with Crippen LogP contribution < -0.4 is 26.3 Å². The molecule has 12 heteroatoms. The van der Waals surface area contributed by atoms with Gasteiger partial charge in [-0.2, -0.15) is 4.37 Å². The number of amides is 3. The first-order chi connectivity index (χ1) is 18.7. The molecule has 1 aromatic heterocycles. The summed E-state index contributed by atoms with van der Waals surface area (Å²) in [5, 5.41) is 3.53. The van der Waals surface area contributed by atoms with Crippen LogP contribution in [0.2, 0.25) is 5.02 Å². The molecule has 1 atom stereocenters. The highest BCUT2D eigenvalue weighted by Gasteiger charge is 2.38. The van der Waals surface area contributed by atoms with Gasteiger partial charge in [-0.1, -0.05) is 42.6 Å². The number of rotatable bonds is 10. The van der Waals surface area contributed by atoms with Crippen molar-refractivity contribution in [2.45, 2.75) is 44.3 Å². The topological polar surface area (TPSA) is 150 Å². The number of nitrogen functional groups attached to an aromatic ring is 1. The van der Waals surface area contributed by atoms with Crippen molar-refractivity contribution in [1.82, 2.24) is 14.6 Å². The lowest BCUT2D eigenvalue weighted by molar-refractivity contribution is -0.126. The van der Waals surface area contributed by atoms with Gasteiger partial charge in [-0.25, -0.2) is 0 Å². The Balaban J connectivity index is 1.89. The van der Waals surface area contributed by atoms with E-state index in [4.69, 9.17) is 32.5 Å². The van der Waals surface area contributed by atoms with Crippen LogP contribution in [0.4, 0.5) is 5.69 Å². The number of nitrogens with two attached hydrogens (primary N) is 2. The Kier molecular flexibility index (Phi) is 8.93. The third kappa shape index (κ3) is 6.10. The molecule has 3 amide bonds. The van der Waals surface area contributed by atoms with Gasteiger partial charge in [-0.3, -0.25) is 14.4 Å². The van der Waals surface area contributed by atoms with E-state index < -0.39 is 23.8 Å². The van der Waals surface area contributed by atoms with Crippen molar-refractivity contribution in [3.8, 4) is 11.5 Å². The van der Waals surface area contributed by atoms with E-state index in [2.05, 4.69) is 9.69 Å². The summed E-state index contributed by atoms with van der Waals surface area (Å²) < 4.78 is 15.0. The summed E-state index contributed by atoms with van der Waals surface area (Å²) in [7, 11) is 2.99. The molecule has 0 spiro atoms. The van der Waals surface area contributed by atoms with Gasteiger partial charge in [0.2, 0.25) is 5.91 Å². The summed E-state index contributed by atoms with van der Waals surface area (Å²) in [5.74, 6) is -1.01. The van der Waals surface area contributed by atoms with Crippen LogP contribution >= 0.6 is 23.1 Å². The molecule has 1 aliphatic rings. The van der Waals surface area contributed by atoms with Crippen LogP contribution in [0.3, 0.4) is 0 Å². The van der Waals surface area contributed by atoms with Crippen LogP contribution in [0.25, 0.3) is 0 Å². The first-order valence-corrected chi connectivity index (χ1v) is 13.5. The van der Waals surface area contributed by atoms with E-state index in [1.54, 1.807) is 42.5 Å². The first kappa shape index (κ1) is 28.2. The second-order valence-electron chi connectivity index (χ2n) is 9.16. The summed E-state index contributed by atoms with van der Waals surface area (Å²) in [6.45, 7) is -0.0507. The average molecular weight is 572 g/mol. The number of aromatic nitrogens is 1. The van der Waals surface area contributed by atoms with Gasteiger partial charge in [0.15, 0.2) is 5.69 Å². The van der Waals surface area contributed by atoms with Crippen LogP contribution in [-0.4, -0.2) is 47.3 Å². The van der Waals surface area contributed by atoms with E-state index >= 15 is 0 Å². The number of ether oxygens (including phenoxy) is 2. The zero-order valence-corrected chi connectivity index (χ0v) is 23.2. The second-order valence-corrected chi connectivity index (χ2v) is 10.3. The number of carbonyl (C=O) groups excluding carboxylic acids is 3. The highest BCUT2D eigenvalue weighted by atomic mass is 35.5. The van der Waals surface area contributed by atoms with Crippen molar-refractivity contribution in [2.24, 2.45) is 5.73 Å². The Hall–Kier alpha value is -3.83. The van der Waals surface area contributed by atoms with E-state index in [1.807, 2.05) is 0 Å². The molecule has 0 aliphatic heterocycles. The molecule has 206 valence electrons. The maximum Gasteiger partial charge on any atom is 0.270 e. The van der Waals surface area contributed by atoms with Crippen LogP contribution in [0.15, 0.2) is 42.5 Å². The first-order valence-electron chi connectivity index (χ1n) is 12.4. The number of benzene rings is 2. The van der Waals surface area contributed by atoms with Crippen LogP contribution in [-0.2, 0) is 11.3 Å². The van der Waals surface area contributed by atoms with Crippen LogP contribution in [0, 0.1) is 0 Å². The number of halogens is 1. The van der Waals surface area contributed by atoms with Gasteiger partial charge < -0.3 is 31.2 Å². The molecule has 5 N–H and O–H groups in total. The number of carbonyl (C=O) groups is 3. The highest BCUT2D eigenvalue weighted by Crippen LogP contribution is 2.37. The smallest absolute Gasteiger partial charge is 0.270 e. The number of nitrogens with one attached hydrogen (secondary N) is 1. The summed E-state index contributed by atoms with van der Waals surface area (Å²) in [4.78, 5) is 41.4. The van der Waals surface area contributed by atoms with Crippen molar-refractivity contribution in [3.63, 3.8) is 0 Å². The standard InChI is InChI=1S/C27H30ClN5O5S/c1-37-17-11-12-20(38-2)18(13-17)23(26(35)31-16-8-4-5-9-16)33(14-15-7-3-6-10-19(15)28)27(36)24-21(29)22(25(30)34)32-39-24/h3,6-7,10-13,16,23H,4-5,8-9,14,29H2,1-2H3,(H2,30,34)(H,31,35)/t23-/m0/s1. The molecule has 3 aromatic rings. The quantitative estimate of drug-likeness (QED) is 0.333. The molecule has 39 heavy (non-hydrogen) atoms. The third-order valence-electron chi connectivity index (χ3n) is 6.71. The number of nitrogens with zero attached hydrogens (tertiary/aromatic N) is 2. The highest BCUT2D eigenvalue weighted by molar-refractivity contribution is 7.09. The van der Waals surface area contributed by atoms with E-state index in [-0.39, 0.29) is 28.8 Å². The second kappa shape index (κ2) is 12.4. The molecule has 1 saturated carbocycles. The summed E-state index contributed by atoms with van der Waals surface area (Å²) in [5.41, 5.74) is 12.2. The number of anilines is 1. The number of methoxy groups -OCH3 is 2. The SMILES string of the molecule is COc1ccc(OC)c([C@@H](C(=O)NC2CCCC2)N(Cc2ccccc2Cl)C(=O)c2snc(C(N)=O)c2N)c1. The van der Waals surface area contributed by atoms with Crippen LogP contribution in [0.1, 0.15) is 63.0 Å². The molecule has 2 aromatic carbocycles. The van der Waals surface area contributed by atoms with Gasteiger partial charge >= 0.3 is 0 Å². The van der Waals surface area contributed by atoms with Gasteiger partial charge in [0.1, 0.15) is 22.4 Å². The fraction of sp³-hybridized carbons (Fsp3) is 0.333. The minimum Gasteiger partial charge on any atom is -0.497 e. The molecule has 0 unspecified atom stereocenters. The minimum atomic E-state index is -1.17. The summed E-state index contributed by atoms with van der Waals surface area (Å²) >= 11 is 7.23. The van der Waals surface area contributed by atoms with E-state index in [0.29, 0.717) is 27.6 Å². The average Bonchev–Trinajstić information content (AvgIpc) is 3.58. The lowest BCUT2D eigenvalue weighted by Gasteiger charge is -2.33. The molecule has 1 fully saturated rings. The predicted octanol–water partition coefficient (Wildman–Crippen LogP) is 3.94. The van der Waals surface area contributed by atoms with Crippen molar-refractivity contribution in [1.29, 1.82) is 0 Å². The normalized spacial score (nSPS) is 14.0. The summed E-state index contributed by atoms with van der Waals surface area (Å²) in [6.07, 6.45) is 3.70. The zero-order valence-electron chi connectivity index (χ0n) is 21.6. The largest absolute Gasteiger partial charge is 0.497 e. The van der Waals surface area contributed by atoms with Gasteiger partial charge in [-0.05, 0) is 54.2 Å².